The number of nitrogens with one attached hydrogen (secondary N) is 1. The third kappa shape index (κ3) is 6.36. The van der Waals surface area contributed by atoms with Crippen molar-refractivity contribution in [2.75, 3.05) is 0 Å². The summed E-state index contributed by atoms with van der Waals surface area (Å²) in [4.78, 5) is 11.7. The van der Waals surface area contributed by atoms with E-state index in [1.54, 1.807) is 6.07 Å². The highest BCUT2D eigenvalue weighted by Crippen LogP contribution is 2.17. The standard InChI is InChI=1S/C13H18BrFN2O.ClH/c1-8(2)5-12(16)13(18)17-7-9-6-10(15)3-4-11(9)14;/h3-4,6,8,12H,5,7,16H2,1-2H3,(H,17,18);1H/t12-;/m0./s1. The van der Waals surface area contributed by atoms with Gasteiger partial charge in [0.15, 0.2) is 0 Å². The van der Waals surface area contributed by atoms with Gasteiger partial charge in [0.2, 0.25) is 5.91 Å². The van der Waals surface area contributed by atoms with E-state index in [0.29, 0.717) is 17.9 Å². The van der Waals surface area contributed by atoms with Crippen LogP contribution >= 0.6 is 28.3 Å². The minimum Gasteiger partial charge on any atom is -0.351 e. The third-order valence-corrected chi connectivity index (χ3v) is 3.30. The maximum Gasteiger partial charge on any atom is 0.237 e. The number of carbonyl (C=O) groups excluding carboxylic acids is 1. The molecule has 0 spiro atoms. The lowest BCUT2D eigenvalue weighted by molar-refractivity contribution is -0.122. The molecule has 0 aliphatic rings. The van der Waals surface area contributed by atoms with E-state index in [1.165, 1.54) is 12.1 Å². The first-order valence-corrected chi connectivity index (χ1v) is 6.66. The molecule has 0 fully saturated rings. The zero-order chi connectivity index (χ0) is 13.7. The molecule has 0 radical (unpaired) electrons. The van der Waals surface area contributed by atoms with Gasteiger partial charge in [-0.1, -0.05) is 29.8 Å². The molecule has 1 rings (SSSR count). The van der Waals surface area contributed by atoms with Gasteiger partial charge in [0.05, 0.1) is 6.04 Å². The van der Waals surface area contributed by atoms with E-state index in [4.69, 9.17) is 5.73 Å². The quantitative estimate of drug-likeness (QED) is 0.855. The number of carbonyl (C=O) groups is 1. The van der Waals surface area contributed by atoms with Crippen LogP contribution in [0, 0.1) is 11.7 Å². The van der Waals surface area contributed by atoms with Crippen LogP contribution in [-0.2, 0) is 11.3 Å². The number of hydrogen-bond acceptors (Lipinski definition) is 2. The second-order valence-electron chi connectivity index (χ2n) is 4.69. The first kappa shape index (κ1) is 18.4. The molecule has 1 aromatic carbocycles. The van der Waals surface area contributed by atoms with Crippen LogP contribution in [0.15, 0.2) is 22.7 Å². The zero-order valence-electron chi connectivity index (χ0n) is 11.0. The van der Waals surface area contributed by atoms with Gasteiger partial charge in [0.25, 0.3) is 0 Å². The van der Waals surface area contributed by atoms with E-state index < -0.39 is 6.04 Å². The van der Waals surface area contributed by atoms with Crippen molar-refractivity contribution in [2.24, 2.45) is 11.7 Å². The second-order valence-corrected chi connectivity index (χ2v) is 5.54. The molecule has 0 aliphatic heterocycles. The van der Waals surface area contributed by atoms with Crippen molar-refractivity contribution >= 4 is 34.2 Å². The monoisotopic (exact) mass is 352 g/mol. The molecular weight excluding hydrogens is 335 g/mol. The number of amides is 1. The lowest BCUT2D eigenvalue weighted by Gasteiger charge is -2.14. The summed E-state index contributed by atoms with van der Waals surface area (Å²) in [7, 11) is 0. The molecule has 1 amide bonds. The van der Waals surface area contributed by atoms with E-state index in [-0.39, 0.29) is 30.7 Å². The Morgan fingerprint density at radius 2 is 2.11 bits per heavy atom. The fourth-order valence-electron chi connectivity index (χ4n) is 1.61. The molecule has 0 heterocycles. The van der Waals surface area contributed by atoms with E-state index in [1.807, 2.05) is 13.8 Å². The highest BCUT2D eigenvalue weighted by atomic mass is 79.9. The Labute approximate surface area is 127 Å². The van der Waals surface area contributed by atoms with Crippen molar-refractivity contribution < 1.29 is 9.18 Å². The maximum absolute atomic E-state index is 13.0. The van der Waals surface area contributed by atoms with Crippen LogP contribution in [0.4, 0.5) is 4.39 Å². The molecule has 3 N–H and O–H groups in total. The van der Waals surface area contributed by atoms with E-state index in [2.05, 4.69) is 21.2 Å². The summed E-state index contributed by atoms with van der Waals surface area (Å²) >= 11 is 3.31. The van der Waals surface area contributed by atoms with E-state index in [9.17, 15) is 9.18 Å². The van der Waals surface area contributed by atoms with Gasteiger partial charge in [-0.2, -0.15) is 0 Å². The normalized spacial score (nSPS) is 11.9. The molecule has 0 saturated heterocycles. The molecule has 0 saturated carbocycles. The summed E-state index contributed by atoms with van der Waals surface area (Å²) in [6.45, 7) is 4.29. The molecule has 108 valence electrons. The molecule has 1 atom stereocenters. The van der Waals surface area contributed by atoms with Crippen molar-refractivity contribution in [3.05, 3.63) is 34.1 Å². The Kier molecular flexibility index (Phi) is 8.22. The number of rotatable bonds is 5. The van der Waals surface area contributed by atoms with Gasteiger partial charge < -0.3 is 11.1 Å². The van der Waals surface area contributed by atoms with Crippen molar-refractivity contribution in [3.8, 4) is 0 Å². The first-order chi connectivity index (χ1) is 8.40. The molecule has 1 aromatic rings. The van der Waals surface area contributed by atoms with E-state index in [0.717, 1.165) is 4.47 Å². The molecule has 0 unspecified atom stereocenters. The highest BCUT2D eigenvalue weighted by molar-refractivity contribution is 9.10. The van der Waals surface area contributed by atoms with Gasteiger partial charge in [-0.3, -0.25) is 4.79 Å². The van der Waals surface area contributed by atoms with Crippen LogP contribution in [0.1, 0.15) is 25.8 Å². The van der Waals surface area contributed by atoms with Crippen molar-refractivity contribution in [2.45, 2.75) is 32.9 Å². The Bertz CT molecular complexity index is 429. The Morgan fingerprint density at radius 3 is 2.68 bits per heavy atom. The fraction of sp³-hybridized carbons (Fsp3) is 0.462. The van der Waals surface area contributed by atoms with Crippen LogP contribution in [-0.4, -0.2) is 11.9 Å². The minimum atomic E-state index is -0.516. The topological polar surface area (TPSA) is 55.1 Å². The van der Waals surface area contributed by atoms with Gasteiger partial charge in [-0.25, -0.2) is 4.39 Å². The molecule has 0 aromatic heterocycles. The number of halogens is 3. The molecule has 0 bridgehead atoms. The average molecular weight is 354 g/mol. The summed E-state index contributed by atoms with van der Waals surface area (Å²) in [5, 5.41) is 2.71. The highest BCUT2D eigenvalue weighted by Gasteiger charge is 2.14. The van der Waals surface area contributed by atoms with Crippen LogP contribution in [0.3, 0.4) is 0 Å². The smallest absolute Gasteiger partial charge is 0.237 e. The van der Waals surface area contributed by atoms with Crippen LogP contribution in [0.25, 0.3) is 0 Å². The van der Waals surface area contributed by atoms with Gasteiger partial charge >= 0.3 is 0 Å². The summed E-state index contributed by atoms with van der Waals surface area (Å²) in [6.07, 6.45) is 0.635. The third-order valence-electron chi connectivity index (χ3n) is 2.52. The number of hydrogen-bond donors (Lipinski definition) is 2. The molecule has 0 aliphatic carbocycles. The Hall–Kier alpha value is -0.650. The second kappa shape index (κ2) is 8.51. The van der Waals surface area contributed by atoms with Crippen LogP contribution in [0.5, 0.6) is 0 Å². The largest absolute Gasteiger partial charge is 0.351 e. The summed E-state index contributed by atoms with van der Waals surface area (Å²) in [5.74, 6) is -0.166. The summed E-state index contributed by atoms with van der Waals surface area (Å²) in [6, 6.07) is 3.85. The van der Waals surface area contributed by atoms with Gasteiger partial charge in [0, 0.05) is 11.0 Å². The predicted octanol–water partition coefficient (Wildman–Crippen LogP) is 3.00. The van der Waals surface area contributed by atoms with Crippen LogP contribution < -0.4 is 11.1 Å². The van der Waals surface area contributed by atoms with Crippen molar-refractivity contribution in [3.63, 3.8) is 0 Å². The molecule has 19 heavy (non-hydrogen) atoms. The maximum atomic E-state index is 13.0. The van der Waals surface area contributed by atoms with E-state index >= 15 is 0 Å². The fourth-order valence-corrected chi connectivity index (χ4v) is 1.99. The average Bonchev–Trinajstić information content (AvgIpc) is 2.29. The first-order valence-electron chi connectivity index (χ1n) is 5.87. The predicted molar refractivity (Wildman–Crippen MR) is 80.6 cm³/mol. The number of benzene rings is 1. The SMILES string of the molecule is CC(C)C[C@H](N)C(=O)NCc1cc(F)ccc1Br.Cl. The van der Waals surface area contributed by atoms with Crippen molar-refractivity contribution in [1.82, 2.24) is 5.32 Å². The minimum absolute atomic E-state index is 0. The molecule has 3 nitrogen and oxygen atoms in total. The van der Waals surface area contributed by atoms with Crippen LogP contribution in [0.2, 0.25) is 0 Å². The number of nitrogens with two attached hydrogens (primary N) is 1. The van der Waals surface area contributed by atoms with Gasteiger partial charge in [-0.15, -0.1) is 12.4 Å². The molecule has 6 heteroatoms. The summed E-state index contributed by atoms with van der Waals surface area (Å²) in [5.41, 5.74) is 6.45. The van der Waals surface area contributed by atoms with Crippen molar-refractivity contribution in [1.29, 1.82) is 0 Å². The Morgan fingerprint density at radius 1 is 1.47 bits per heavy atom. The summed E-state index contributed by atoms with van der Waals surface area (Å²) < 4.78 is 13.8. The zero-order valence-corrected chi connectivity index (χ0v) is 13.4. The van der Waals surface area contributed by atoms with Gasteiger partial charge in [-0.05, 0) is 36.1 Å². The Balaban J connectivity index is 0.00000324. The lowest BCUT2D eigenvalue weighted by Crippen LogP contribution is -2.41. The molecular formula is C13H19BrClFN2O. The lowest BCUT2D eigenvalue weighted by atomic mass is 10.0. The van der Waals surface area contributed by atoms with Gasteiger partial charge in [0.1, 0.15) is 5.82 Å².